The quantitative estimate of drug-likeness (QED) is 0.852. The maximum absolute atomic E-state index is 12.8. The van der Waals surface area contributed by atoms with Crippen LogP contribution >= 0.6 is 0 Å². The molecular formula is C21H22N2O5. The van der Waals surface area contributed by atoms with Gasteiger partial charge in [0.1, 0.15) is 11.8 Å². The third kappa shape index (κ3) is 3.60. The summed E-state index contributed by atoms with van der Waals surface area (Å²) in [7, 11) is 0. The van der Waals surface area contributed by atoms with Gasteiger partial charge in [0.25, 0.3) is 5.91 Å². The second-order valence-electron chi connectivity index (χ2n) is 6.87. The molecule has 28 heavy (non-hydrogen) atoms. The zero-order valence-electron chi connectivity index (χ0n) is 15.4. The zero-order chi connectivity index (χ0) is 19.5. The first kappa shape index (κ1) is 18.2. The molecule has 2 amide bonds. The molecule has 0 unspecified atom stereocenters. The third-order valence-electron chi connectivity index (χ3n) is 4.97. The van der Waals surface area contributed by atoms with Gasteiger partial charge in [-0.3, -0.25) is 9.59 Å². The maximum atomic E-state index is 12.8. The number of fused-ring (bicyclic) bond motifs is 1. The molecule has 0 bridgehead atoms. The number of phenolic OH excluding ortho intramolecular Hbond substituents is 1. The number of anilines is 1. The van der Waals surface area contributed by atoms with E-state index in [1.165, 1.54) is 11.0 Å². The van der Waals surface area contributed by atoms with Crippen LogP contribution in [0.4, 0.5) is 5.69 Å². The summed E-state index contributed by atoms with van der Waals surface area (Å²) in [4.78, 5) is 27.2. The van der Waals surface area contributed by atoms with Gasteiger partial charge in [-0.2, -0.15) is 0 Å². The molecule has 0 spiro atoms. The van der Waals surface area contributed by atoms with Gasteiger partial charge in [0.15, 0.2) is 11.5 Å². The molecule has 2 aromatic carbocycles. The van der Waals surface area contributed by atoms with Crippen LogP contribution in [0.1, 0.15) is 29.6 Å². The van der Waals surface area contributed by atoms with Crippen LogP contribution in [0.15, 0.2) is 42.5 Å². The Kier molecular flexibility index (Phi) is 5.06. The molecule has 2 aliphatic rings. The topological polar surface area (TPSA) is 88.1 Å². The van der Waals surface area contributed by atoms with Crippen molar-refractivity contribution in [3.8, 4) is 17.2 Å². The number of likely N-dealkylation sites (tertiary alicyclic amines) is 1. The minimum Gasteiger partial charge on any atom is -0.507 e. The minimum absolute atomic E-state index is 0.0820. The van der Waals surface area contributed by atoms with Gasteiger partial charge in [0.05, 0.1) is 18.8 Å². The highest BCUT2D eigenvalue weighted by Gasteiger charge is 2.35. The number of nitrogens with one attached hydrogen (secondary N) is 1. The van der Waals surface area contributed by atoms with Crippen molar-refractivity contribution in [2.45, 2.75) is 25.3 Å². The number of carbonyl (C=O) groups is 2. The van der Waals surface area contributed by atoms with Crippen molar-refractivity contribution in [3.63, 3.8) is 0 Å². The highest BCUT2D eigenvalue weighted by molar-refractivity contribution is 6.02. The number of para-hydroxylation sites is 1. The molecule has 1 atom stereocenters. The van der Waals surface area contributed by atoms with E-state index in [0.717, 1.165) is 12.8 Å². The van der Waals surface area contributed by atoms with E-state index < -0.39 is 6.04 Å². The summed E-state index contributed by atoms with van der Waals surface area (Å²) in [6.07, 6.45) is 2.12. The Bertz CT molecular complexity index is 898. The number of benzene rings is 2. The Balaban J connectivity index is 1.49. The van der Waals surface area contributed by atoms with E-state index in [2.05, 4.69) is 5.32 Å². The number of aromatic hydroxyl groups is 1. The number of rotatable bonds is 3. The highest BCUT2D eigenvalue weighted by atomic mass is 16.5. The van der Waals surface area contributed by atoms with Crippen molar-refractivity contribution in [2.75, 3.05) is 25.1 Å². The Labute approximate surface area is 162 Å². The van der Waals surface area contributed by atoms with E-state index in [-0.39, 0.29) is 23.1 Å². The van der Waals surface area contributed by atoms with E-state index >= 15 is 0 Å². The first-order chi connectivity index (χ1) is 13.6. The molecule has 1 fully saturated rings. The van der Waals surface area contributed by atoms with E-state index in [1.54, 1.807) is 36.4 Å². The minimum atomic E-state index is -0.580. The molecule has 0 radical (unpaired) electrons. The van der Waals surface area contributed by atoms with Gasteiger partial charge in [0, 0.05) is 24.7 Å². The van der Waals surface area contributed by atoms with E-state index in [1.807, 2.05) is 0 Å². The molecule has 2 aromatic rings. The monoisotopic (exact) mass is 382 g/mol. The predicted octanol–water partition coefficient (Wildman–Crippen LogP) is 2.80. The standard InChI is InChI=1S/C21H22N2O5/c24-17-7-2-1-5-15(17)21(26)23-10-3-6-16(23)20(25)22-14-8-9-18-19(13-14)28-12-4-11-27-18/h1-2,5,7-9,13,16,24H,3-4,6,10-12H2,(H,22,25)/t16-/m1/s1. The first-order valence-corrected chi connectivity index (χ1v) is 9.43. The normalized spacial score (nSPS) is 18.4. The zero-order valence-corrected chi connectivity index (χ0v) is 15.4. The largest absolute Gasteiger partial charge is 0.507 e. The van der Waals surface area contributed by atoms with E-state index in [4.69, 9.17) is 9.47 Å². The second kappa shape index (κ2) is 7.80. The molecule has 7 heteroatoms. The summed E-state index contributed by atoms with van der Waals surface area (Å²) in [6, 6.07) is 11.1. The van der Waals surface area contributed by atoms with Crippen molar-refractivity contribution in [1.29, 1.82) is 0 Å². The molecule has 0 aromatic heterocycles. The van der Waals surface area contributed by atoms with Crippen LogP contribution in [0.2, 0.25) is 0 Å². The lowest BCUT2D eigenvalue weighted by Gasteiger charge is -2.24. The summed E-state index contributed by atoms with van der Waals surface area (Å²) in [5, 5.41) is 12.8. The average molecular weight is 382 g/mol. The van der Waals surface area contributed by atoms with Crippen LogP contribution in [-0.4, -0.2) is 47.6 Å². The molecule has 146 valence electrons. The lowest BCUT2D eigenvalue weighted by Crippen LogP contribution is -2.43. The van der Waals surface area contributed by atoms with Crippen LogP contribution < -0.4 is 14.8 Å². The second-order valence-corrected chi connectivity index (χ2v) is 6.87. The van der Waals surface area contributed by atoms with Crippen molar-refractivity contribution in [1.82, 2.24) is 4.90 Å². The lowest BCUT2D eigenvalue weighted by molar-refractivity contribution is -0.119. The summed E-state index contributed by atoms with van der Waals surface area (Å²) in [5.41, 5.74) is 0.800. The summed E-state index contributed by atoms with van der Waals surface area (Å²) >= 11 is 0. The molecule has 1 saturated heterocycles. The maximum Gasteiger partial charge on any atom is 0.258 e. The van der Waals surface area contributed by atoms with E-state index in [9.17, 15) is 14.7 Å². The van der Waals surface area contributed by atoms with Gasteiger partial charge < -0.3 is 24.8 Å². The van der Waals surface area contributed by atoms with Gasteiger partial charge in [-0.1, -0.05) is 12.1 Å². The average Bonchev–Trinajstić information content (AvgIpc) is 3.07. The van der Waals surface area contributed by atoms with Crippen LogP contribution in [0.3, 0.4) is 0 Å². The Morgan fingerprint density at radius 1 is 1.04 bits per heavy atom. The Morgan fingerprint density at radius 3 is 2.64 bits per heavy atom. The smallest absolute Gasteiger partial charge is 0.258 e. The summed E-state index contributed by atoms with van der Waals surface area (Å²) < 4.78 is 11.3. The molecule has 2 heterocycles. The molecule has 0 saturated carbocycles. The number of nitrogens with zero attached hydrogens (tertiary/aromatic N) is 1. The number of hydrogen-bond acceptors (Lipinski definition) is 5. The molecular weight excluding hydrogens is 360 g/mol. The van der Waals surface area contributed by atoms with Gasteiger partial charge >= 0.3 is 0 Å². The number of hydrogen-bond donors (Lipinski definition) is 2. The SMILES string of the molecule is O=C(Nc1ccc2c(c1)OCCCO2)[C@H]1CCCN1C(=O)c1ccccc1O. The highest BCUT2D eigenvalue weighted by Crippen LogP contribution is 2.33. The molecule has 2 N–H and O–H groups in total. The van der Waals surface area contributed by atoms with Gasteiger partial charge in [-0.25, -0.2) is 0 Å². The van der Waals surface area contributed by atoms with E-state index in [0.29, 0.717) is 43.4 Å². The van der Waals surface area contributed by atoms with Crippen LogP contribution in [0.25, 0.3) is 0 Å². The molecule has 7 nitrogen and oxygen atoms in total. The van der Waals surface area contributed by atoms with Gasteiger partial charge in [-0.15, -0.1) is 0 Å². The Hall–Kier alpha value is -3.22. The molecule has 2 aliphatic heterocycles. The van der Waals surface area contributed by atoms with Crippen molar-refractivity contribution < 1.29 is 24.2 Å². The first-order valence-electron chi connectivity index (χ1n) is 9.43. The number of amides is 2. The number of carbonyl (C=O) groups excluding carboxylic acids is 2. The summed E-state index contributed by atoms with van der Waals surface area (Å²) in [6.45, 7) is 1.65. The lowest BCUT2D eigenvalue weighted by atomic mass is 10.1. The third-order valence-corrected chi connectivity index (χ3v) is 4.97. The van der Waals surface area contributed by atoms with Gasteiger partial charge in [-0.05, 0) is 37.1 Å². The van der Waals surface area contributed by atoms with Gasteiger partial charge in [0.2, 0.25) is 5.91 Å². The fourth-order valence-corrected chi connectivity index (χ4v) is 3.56. The van der Waals surface area contributed by atoms with Crippen LogP contribution in [-0.2, 0) is 4.79 Å². The Morgan fingerprint density at radius 2 is 1.82 bits per heavy atom. The summed E-state index contributed by atoms with van der Waals surface area (Å²) in [5.74, 6) is 0.586. The van der Waals surface area contributed by atoms with Crippen LogP contribution in [0, 0.1) is 0 Å². The van der Waals surface area contributed by atoms with Crippen molar-refractivity contribution >= 4 is 17.5 Å². The number of phenols is 1. The van der Waals surface area contributed by atoms with Crippen LogP contribution in [0.5, 0.6) is 17.2 Å². The fraction of sp³-hybridized carbons (Fsp3) is 0.333. The predicted molar refractivity (Wildman–Crippen MR) is 103 cm³/mol. The fourth-order valence-electron chi connectivity index (χ4n) is 3.56. The van der Waals surface area contributed by atoms with Crippen molar-refractivity contribution in [3.05, 3.63) is 48.0 Å². The van der Waals surface area contributed by atoms with Crippen molar-refractivity contribution in [2.24, 2.45) is 0 Å². The molecule has 0 aliphatic carbocycles. The molecule has 4 rings (SSSR count). The number of ether oxygens (including phenoxy) is 2.